The molecule has 41 heavy (non-hydrogen) atoms. The number of rotatable bonds is 7. The van der Waals surface area contributed by atoms with Crippen LogP contribution < -0.4 is 5.32 Å². The Hall–Kier alpha value is -5.21. The standard InChI is InChI=1S/C33H26FN7/c1-20-11-23(14-25(34)12-20)26-9-10-37-33-27(26)15-30(39-33)32-31-29(40-41-32)8-7-28(38-31)24-13-22(18-36-19-24)17-35-16-21-5-3-2-4-6-21/h2-15,18-19,35H,16-17H2,1H3,(H,37,39)(H,40,41). The van der Waals surface area contributed by atoms with Gasteiger partial charge in [0.2, 0.25) is 0 Å². The van der Waals surface area contributed by atoms with Crippen LogP contribution in [0.3, 0.4) is 0 Å². The quantitative estimate of drug-likeness (QED) is 0.203. The van der Waals surface area contributed by atoms with Gasteiger partial charge in [0.05, 0.1) is 16.9 Å². The summed E-state index contributed by atoms with van der Waals surface area (Å²) in [6.07, 6.45) is 5.43. The third-order valence-electron chi connectivity index (χ3n) is 7.14. The van der Waals surface area contributed by atoms with E-state index in [-0.39, 0.29) is 5.82 Å². The monoisotopic (exact) mass is 539 g/mol. The lowest BCUT2D eigenvalue weighted by Crippen LogP contribution is -2.12. The first-order valence-corrected chi connectivity index (χ1v) is 13.4. The molecule has 0 saturated carbocycles. The largest absolute Gasteiger partial charge is 0.338 e. The Kier molecular flexibility index (Phi) is 6.29. The highest BCUT2D eigenvalue weighted by Gasteiger charge is 2.16. The highest BCUT2D eigenvalue weighted by Crippen LogP contribution is 2.34. The Morgan fingerprint density at radius 2 is 1.73 bits per heavy atom. The van der Waals surface area contributed by atoms with E-state index >= 15 is 0 Å². The second-order valence-corrected chi connectivity index (χ2v) is 10.2. The fraction of sp³-hybridized carbons (Fsp3) is 0.0909. The van der Waals surface area contributed by atoms with Crippen molar-refractivity contribution in [2.75, 3.05) is 0 Å². The minimum Gasteiger partial charge on any atom is -0.338 e. The van der Waals surface area contributed by atoms with Crippen LogP contribution >= 0.6 is 0 Å². The van der Waals surface area contributed by atoms with E-state index in [0.29, 0.717) is 17.9 Å². The van der Waals surface area contributed by atoms with Gasteiger partial charge in [0, 0.05) is 42.6 Å². The summed E-state index contributed by atoms with van der Waals surface area (Å²) in [7, 11) is 0. The zero-order valence-electron chi connectivity index (χ0n) is 22.3. The number of halogens is 1. The van der Waals surface area contributed by atoms with E-state index in [1.54, 1.807) is 12.3 Å². The van der Waals surface area contributed by atoms with Crippen molar-refractivity contribution in [1.82, 2.24) is 35.5 Å². The second kappa shape index (κ2) is 10.4. The Bertz CT molecular complexity index is 1990. The molecule has 0 spiro atoms. The molecule has 5 aromatic heterocycles. The first kappa shape index (κ1) is 24.8. The van der Waals surface area contributed by atoms with Crippen LogP contribution in [0.4, 0.5) is 4.39 Å². The number of aromatic amines is 2. The molecule has 200 valence electrons. The van der Waals surface area contributed by atoms with Crippen molar-refractivity contribution in [3.05, 3.63) is 120 Å². The molecule has 7 rings (SSSR count). The van der Waals surface area contributed by atoms with E-state index in [1.165, 1.54) is 11.6 Å². The van der Waals surface area contributed by atoms with Crippen LogP contribution in [0.25, 0.3) is 55.8 Å². The minimum atomic E-state index is -0.263. The van der Waals surface area contributed by atoms with Crippen LogP contribution in [0.2, 0.25) is 0 Å². The molecule has 0 aliphatic rings. The average Bonchev–Trinajstić information content (AvgIpc) is 3.61. The number of fused-ring (bicyclic) bond motifs is 2. The summed E-state index contributed by atoms with van der Waals surface area (Å²) in [4.78, 5) is 17.4. The number of benzene rings is 2. The predicted molar refractivity (Wildman–Crippen MR) is 159 cm³/mol. The summed E-state index contributed by atoms with van der Waals surface area (Å²) in [5, 5.41) is 12.0. The molecule has 7 aromatic rings. The highest BCUT2D eigenvalue weighted by molar-refractivity contribution is 5.99. The van der Waals surface area contributed by atoms with Gasteiger partial charge in [0.1, 0.15) is 22.7 Å². The van der Waals surface area contributed by atoms with E-state index in [0.717, 1.165) is 62.2 Å². The zero-order valence-corrected chi connectivity index (χ0v) is 22.3. The number of nitrogens with zero attached hydrogens (tertiary/aromatic N) is 4. The topological polar surface area (TPSA) is 95.2 Å². The number of aromatic nitrogens is 6. The maximum Gasteiger partial charge on any atom is 0.138 e. The number of pyridine rings is 3. The molecule has 8 heteroatoms. The summed E-state index contributed by atoms with van der Waals surface area (Å²) < 4.78 is 14.2. The predicted octanol–water partition coefficient (Wildman–Crippen LogP) is 6.97. The number of aryl methyl sites for hydroxylation is 1. The Morgan fingerprint density at radius 1 is 0.854 bits per heavy atom. The minimum absolute atomic E-state index is 0.263. The molecule has 7 nitrogen and oxygen atoms in total. The third-order valence-corrected chi connectivity index (χ3v) is 7.14. The molecule has 5 heterocycles. The Morgan fingerprint density at radius 3 is 2.61 bits per heavy atom. The number of nitrogens with one attached hydrogen (secondary N) is 3. The summed E-state index contributed by atoms with van der Waals surface area (Å²) in [5.41, 5.74) is 10.4. The van der Waals surface area contributed by atoms with Crippen LogP contribution in [0.5, 0.6) is 0 Å². The summed E-state index contributed by atoms with van der Waals surface area (Å²) in [5.74, 6) is -0.263. The molecular weight excluding hydrogens is 513 g/mol. The molecule has 0 atom stereocenters. The summed E-state index contributed by atoms with van der Waals surface area (Å²) in [6, 6.07) is 25.3. The normalized spacial score (nSPS) is 11.5. The van der Waals surface area contributed by atoms with Gasteiger partial charge in [-0.25, -0.2) is 14.4 Å². The van der Waals surface area contributed by atoms with Crippen LogP contribution in [0.15, 0.2) is 97.5 Å². The fourth-order valence-corrected chi connectivity index (χ4v) is 5.22. The molecule has 3 N–H and O–H groups in total. The van der Waals surface area contributed by atoms with Crippen LogP contribution in [-0.2, 0) is 13.1 Å². The SMILES string of the molecule is Cc1cc(F)cc(-c2ccnc3[nH]c(-c4n[nH]c5ccc(-c6cncc(CNCc7ccccc7)c6)nc45)cc23)c1. The van der Waals surface area contributed by atoms with E-state index in [4.69, 9.17) is 4.98 Å². The van der Waals surface area contributed by atoms with E-state index in [9.17, 15) is 4.39 Å². The van der Waals surface area contributed by atoms with Crippen molar-refractivity contribution in [3.63, 3.8) is 0 Å². The van der Waals surface area contributed by atoms with Gasteiger partial charge in [-0.15, -0.1) is 0 Å². The van der Waals surface area contributed by atoms with Crippen molar-refractivity contribution in [3.8, 4) is 33.8 Å². The van der Waals surface area contributed by atoms with Gasteiger partial charge in [-0.05, 0) is 77.2 Å². The lowest BCUT2D eigenvalue weighted by atomic mass is 10.0. The van der Waals surface area contributed by atoms with Crippen LogP contribution in [0, 0.1) is 12.7 Å². The molecule has 0 radical (unpaired) electrons. The van der Waals surface area contributed by atoms with Gasteiger partial charge < -0.3 is 10.3 Å². The molecular formula is C33H26FN7. The number of hydrogen-bond donors (Lipinski definition) is 3. The lowest BCUT2D eigenvalue weighted by Gasteiger charge is -2.07. The van der Waals surface area contributed by atoms with Crippen molar-refractivity contribution in [2.24, 2.45) is 0 Å². The average molecular weight is 540 g/mol. The molecule has 0 saturated heterocycles. The van der Waals surface area contributed by atoms with Gasteiger partial charge in [-0.3, -0.25) is 10.1 Å². The number of H-pyrrole nitrogens is 2. The van der Waals surface area contributed by atoms with Crippen LogP contribution in [-0.4, -0.2) is 30.1 Å². The van der Waals surface area contributed by atoms with E-state index in [2.05, 4.69) is 48.7 Å². The second-order valence-electron chi connectivity index (χ2n) is 10.2. The summed E-state index contributed by atoms with van der Waals surface area (Å²) in [6.45, 7) is 3.37. The first-order valence-electron chi connectivity index (χ1n) is 13.4. The van der Waals surface area contributed by atoms with Crippen molar-refractivity contribution in [1.29, 1.82) is 0 Å². The molecule has 0 bridgehead atoms. The smallest absolute Gasteiger partial charge is 0.138 e. The van der Waals surface area contributed by atoms with Gasteiger partial charge in [0.25, 0.3) is 0 Å². The number of hydrogen-bond acceptors (Lipinski definition) is 5. The summed E-state index contributed by atoms with van der Waals surface area (Å²) >= 11 is 0. The Balaban J connectivity index is 1.21. The van der Waals surface area contributed by atoms with Gasteiger partial charge >= 0.3 is 0 Å². The van der Waals surface area contributed by atoms with Crippen molar-refractivity contribution in [2.45, 2.75) is 20.0 Å². The Labute approximate surface area is 235 Å². The first-order chi connectivity index (χ1) is 20.1. The maximum atomic E-state index is 14.2. The zero-order chi connectivity index (χ0) is 27.8. The van der Waals surface area contributed by atoms with Gasteiger partial charge in [-0.1, -0.05) is 36.4 Å². The maximum absolute atomic E-state index is 14.2. The molecule has 0 amide bonds. The molecule has 2 aromatic carbocycles. The lowest BCUT2D eigenvalue weighted by molar-refractivity contribution is 0.627. The van der Waals surface area contributed by atoms with Gasteiger partial charge in [-0.2, -0.15) is 5.10 Å². The van der Waals surface area contributed by atoms with Crippen LogP contribution in [0.1, 0.15) is 16.7 Å². The van der Waals surface area contributed by atoms with E-state index in [1.807, 2.05) is 67.8 Å². The highest BCUT2D eigenvalue weighted by atomic mass is 19.1. The molecule has 0 aliphatic carbocycles. The van der Waals surface area contributed by atoms with Crippen molar-refractivity contribution < 1.29 is 4.39 Å². The molecule has 0 fully saturated rings. The van der Waals surface area contributed by atoms with Gasteiger partial charge in [0.15, 0.2) is 0 Å². The van der Waals surface area contributed by atoms with Crippen molar-refractivity contribution >= 4 is 22.1 Å². The molecule has 0 unspecified atom stereocenters. The third kappa shape index (κ3) is 4.97. The molecule has 0 aliphatic heterocycles. The fourth-order valence-electron chi connectivity index (χ4n) is 5.22. The van der Waals surface area contributed by atoms with E-state index < -0.39 is 0 Å².